The SMILES string of the molecule is CCCCNS(=O)(=O)c1cccnc1NC1CC1. The topological polar surface area (TPSA) is 71.1 Å². The minimum Gasteiger partial charge on any atom is -0.366 e. The molecule has 0 bridgehead atoms. The highest BCUT2D eigenvalue weighted by Gasteiger charge is 2.25. The molecule has 0 spiro atoms. The zero-order valence-electron chi connectivity index (χ0n) is 10.5. The Morgan fingerprint density at radius 1 is 1.44 bits per heavy atom. The molecule has 1 heterocycles. The van der Waals surface area contributed by atoms with Crippen LogP contribution in [0.2, 0.25) is 0 Å². The summed E-state index contributed by atoms with van der Waals surface area (Å²) < 4.78 is 26.9. The van der Waals surface area contributed by atoms with Crippen molar-refractivity contribution in [3.8, 4) is 0 Å². The summed E-state index contributed by atoms with van der Waals surface area (Å²) in [5, 5.41) is 3.15. The first kappa shape index (κ1) is 13.3. The van der Waals surface area contributed by atoms with Crippen LogP contribution in [0.3, 0.4) is 0 Å². The molecule has 0 unspecified atom stereocenters. The summed E-state index contributed by atoms with van der Waals surface area (Å²) in [6.45, 7) is 2.50. The van der Waals surface area contributed by atoms with E-state index >= 15 is 0 Å². The number of aromatic nitrogens is 1. The minimum absolute atomic E-state index is 0.244. The molecule has 1 aromatic heterocycles. The van der Waals surface area contributed by atoms with Gasteiger partial charge in [0.25, 0.3) is 0 Å². The average molecular weight is 269 g/mol. The first-order valence-corrected chi connectivity index (χ1v) is 7.83. The summed E-state index contributed by atoms with van der Waals surface area (Å²) in [4.78, 5) is 4.37. The van der Waals surface area contributed by atoms with Crippen molar-refractivity contribution in [1.29, 1.82) is 0 Å². The number of hydrogen-bond acceptors (Lipinski definition) is 4. The van der Waals surface area contributed by atoms with Gasteiger partial charge in [0, 0.05) is 18.8 Å². The van der Waals surface area contributed by atoms with Gasteiger partial charge >= 0.3 is 0 Å². The molecule has 1 fully saturated rings. The van der Waals surface area contributed by atoms with Crippen LogP contribution in [0.4, 0.5) is 5.82 Å². The molecule has 18 heavy (non-hydrogen) atoms. The van der Waals surface area contributed by atoms with E-state index in [4.69, 9.17) is 0 Å². The molecule has 0 amide bonds. The summed E-state index contributed by atoms with van der Waals surface area (Å²) in [6, 6.07) is 3.61. The van der Waals surface area contributed by atoms with Gasteiger partial charge in [0.05, 0.1) is 0 Å². The van der Waals surface area contributed by atoms with E-state index in [0.29, 0.717) is 18.4 Å². The van der Waals surface area contributed by atoms with Gasteiger partial charge in [-0.15, -0.1) is 0 Å². The number of unbranched alkanes of at least 4 members (excludes halogenated alkanes) is 1. The normalized spacial score (nSPS) is 15.6. The smallest absolute Gasteiger partial charge is 0.244 e. The van der Waals surface area contributed by atoms with E-state index in [1.165, 1.54) is 0 Å². The summed E-state index contributed by atoms with van der Waals surface area (Å²) in [6.07, 6.45) is 5.57. The highest BCUT2D eigenvalue weighted by Crippen LogP contribution is 2.27. The van der Waals surface area contributed by atoms with Crippen molar-refractivity contribution in [2.45, 2.75) is 43.5 Å². The molecular weight excluding hydrogens is 250 g/mol. The van der Waals surface area contributed by atoms with Gasteiger partial charge in [-0.3, -0.25) is 0 Å². The molecule has 0 radical (unpaired) electrons. The van der Waals surface area contributed by atoms with E-state index < -0.39 is 10.0 Å². The lowest BCUT2D eigenvalue weighted by Gasteiger charge is -2.11. The van der Waals surface area contributed by atoms with Crippen LogP contribution < -0.4 is 10.0 Å². The summed E-state index contributed by atoms with van der Waals surface area (Å²) in [5.41, 5.74) is 0. The van der Waals surface area contributed by atoms with Gasteiger partial charge in [0.1, 0.15) is 10.7 Å². The number of pyridine rings is 1. The van der Waals surface area contributed by atoms with Crippen molar-refractivity contribution >= 4 is 15.8 Å². The van der Waals surface area contributed by atoms with E-state index in [0.717, 1.165) is 25.7 Å². The van der Waals surface area contributed by atoms with Gasteiger partial charge in [-0.05, 0) is 31.4 Å². The molecule has 100 valence electrons. The lowest BCUT2D eigenvalue weighted by atomic mass is 10.3. The largest absolute Gasteiger partial charge is 0.366 e. The molecule has 1 aromatic rings. The van der Waals surface area contributed by atoms with Crippen LogP contribution >= 0.6 is 0 Å². The zero-order chi connectivity index (χ0) is 13.0. The third-order valence-electron chi connectivity index (χ3n) is 2.80. The van der Waals surface area contributed by atoms with E-state index in [1.54, 1.807) is 18.3 Å². The Labute approximate surface area is 108 Å². The molecule has 6 heteroatoms. The average Bonchev–Trinajstić information content (AvgIpc) is 3.14. The van der Waals surface area contributed by atoms with E-state index in [-0.39, 0.29) is 4.90 Å². The molecule has 0 saturated heterocycles. The van der Waals surface area contributed by atoms with E-state index in [9.17, 15) is 8.42 Å². The monoisotopic (exact) mass is 269 g/mol. The fraction of sp³-hybridized carbons (Fsp3) is 0.583. The number of nitrogens with zero attached hydrogens (tertiary/aromatic N) is 1. The molecule has 1 aliphatic rings. The number of nitrogens with one attached hydrogen (secondary N) is 2. The highest BCUT2D eigenvalue weighted by molar-refractivity contribution is 7.89. The lowest BCUT2D eigenvalue weighted by molar-refractivity contribution is 0.578. The standard InChI is InChI=1S/C12H19N3O2S/c1-2-3-9-14-18(16,17)11-5-4-8-13-12(11)15-10-6-7-10/h4-5,8,10,14H,2-3,6-7,9H2,1H3,(H,13,15). The maximum atomic E-state index is 12.1. The molecular formula is C12H19N3O2S. The molecule has 0 atom stereocenters. The number of rotatable bonds is 7. The molecule has 2 rings (SSSR count). The predicted molar refractivity (Wildman–Crippen MR) is 71.0 cm³/mol. The third-order valence-corrected chi connectivity index (χ3v) is 4.29. The maximum Gasteiger partial charge on any atom is 0.244 e. The summed E-state index contributed by atoms with van der Waals surface area (Å²) in [7, 11) is -3.46. The summed E-state index contributed by atoms with van der Waals surface area (Å²) in [5.74, 6) is 0.462. The second-order valence-corrected chi connectivity index (χ2v) is 6.26. The van der Waals surface area contributed by atoms with E-state index in [1.807, 2.05) is 6.92 Å². The fourth-order valence-corrected chi connectivity index (χ4v) is 2.79. The Morgan fingerprint density at radius 2 is 2.22 bits per heavy atom. The van der Waals surface area contributed by atoms with Gasteiger partial charge in [-0.25, -0.2) is 18.1 Å². The zero-order valence-corrected chi connectivity index (χ0v) is 11.3. The molecule has 5 nitrogen and oxygen atoms in total. The Morgan fingerprint density at radius 3 is 2.89 bits per heavy atom. The Bertz CT molecular complexity index is 498. The van der Waals surface area contributed by atoms with Crippen molar-refractivity contribution in [2.24, 2.45) is 0 Å². The van der Waals surface area contributed by atoms with Crippen LogP contribution in [0.25, 0.3) is 0 Å². The van der Waals surface area contributed by atoms with Crippen LogP contribution in [0.15, 0.2) is 23.2 Å². The first-order valence-electron chi connectivity index (χ1n) is 6.34. The highest BCUT2D eigenvalue weighted by atomic mass is 32.2. The molecule has 1 saturated carbocycles. The van der Waals surface area contributed by atoms with Crippen LogP contribution in [-0.4, -0.2) is 26.0 Å². The second-order valence-electron chi connectivity index (χ2n) is 4.52. The van der Waals surface area contributed by atoms with Crippen LogP contribution in [0, 0.1) is 0 Å². The first-order chi connectivity index (χ1) is 8.63. The Kier molecular flexibility index (Phi) is 4.19. The fourth-order valence-electron chi connectivity index (χ4n) is 1.60. The number of hydrogen-bond donors (Lipinski definition) is 2. The van der Waals surface area contributed by atoms with Gasteiger partial charge in [0.2, 0.25) is 10.0 Å². The Hall–Kier alpha value is -1.14. The maximum absolute atomic E-state index is 12.1. The number of sulfonamides is 1. The van der Waals surface area contributed by atoms with Crippen LogP contribution in [0.1, 0.15) is 32.6 Å². The van der Waals surface area contributed by atoms with Gasteiger partial charge in [-0.1, -0.05) is 13.3 Å². The number of anilines is 1. The second kappa shape index (κ2) is 5.67. The molecule has 2 N–H and O–H groups in total. The van der Waals surface area contributed by atoms with Crippen molar-refractivity contribution in [2.75, 3.05) is 11.9 Å². The van der Waals surface area contributed by atoms with Crippen molar-refractivity contribution < 1.29 is 8.42 Å². The van der Waals surface area contributed by atoms with Gasteiger partial charge < -0.3 is 5.32 Å². The van der Waals surface area contributed by atoms with E-state index in [2.05, 4.69) is 15.0 Å². The van der Waals surface area contributed by atoms with Crippen molar-refractivity contribution in [1.82, 2.24) is 9.71 Å². The molecule has 0 aromatic carbocycles. The summed E-state index contributed by atoms with van der Waals surface area (Å²) >= 11 is 0. The Balaban J connectivity index is 2.14. The van der Waals surface area contributed by atoms with Gasteiger partial charge in [-0.2, -0.15) is 0 Å². The van der Waals surface area contributed by atoms with Crippen LogP contribution in [-0.2, 0) is 10.0 Å². The molecule has 0 aliphatic heterocycles. The van der Waals surface area contributed by atoms with Crippen LogP contribution in [0.5, 0.6) is 0 Å². The quantitative estimate of drug-likeness (QED) is 0.740. The van der Waals surface area contributed by atoms with Crippen molar-refractivity contribution in [3.63, 3.8) is 0 Å². The minimum atomic E-state index is -3.46. The predicted octanol–water partition coefficient (Wildman–Crippen LogP) is 1.73. The third kappa shape index (κ3) is 3.43. The molecule has 1 aliphatic carbocycles. The lowest BCUT2D eigenvalue weighted by Crippen LogP contribution is -2.26. The van der Waals surface area contributed by atoms with Crippen molar-refractivity contribution in [3.05, 3.63) is 18.3 Å². The van der Waals surface area contributed by atoms with Gasteiger partial charge in [0.15, 0.2) is 0 Å².